The van der Waals surface area contributed by atoms with Crippen molar-refractivity contribution in [2.75, 3.05) is 27.2 Å². The lowest BCUT2D eigenvalue weighted by molar-refractivity contribution is -0.129. The molecule has 102 valence electrons. The van der Waals surface area contributed by atoms with Crippen molar-refractivity contribution >= 4 is 18.3 Å². The summed E-state index contributed by atoms with van der Waals surface area (Å²) in [5.41, 5.74) is 0. The molecule has 0 aliphatic heterocycles. The summed E-state index contributed by atoms with van der Waals surface area (Å²) in [6.07, 6.45) is 8.76. The second-order valence-corrected chi connectivity index (χ2v) is 4.96. The molecule has 1 saturated carbocycles. The molecule has 0 heterocycles. The number of nitrogens with zero attached hydrogens (tertiary/aromatic N) is 1. The van der Waals surface area contributed by atoms with E-state index in [0.29, 0.717) is 6.42 Å². The fourth-order valence-electron chi connectivity index (χ4n) is 2.40. The van der Waals surface area contributed by atoms with Gasteiger partial charge in [-0.2, -0.15) is 0 Å². The number of carbonyl (C=O) groups excluding carboxylic acids is 1. The molecule has 3 nitrogen and oxygen atoms in total. The Morgan fingerprint density at radius 2 is 1.94 bits per heavy atom. The standard InChI is InChI=1S/C13H26N2O.ClH/c1-14-10-8-13(16)15(2)11-9-12-6-4-3-5-7-12;/h12,14H,3-11H2,1-2H3;1H. The first-order valence-corrected chi connectivity index (χ1v) is 6.62. The summed E-state index contributed by atoms with van der Waals surface area (Å²) in [5, 5.41) is 3.01. The van der Waals surface area contributed by atoms with Crippen LogP contribution < -0.4 is 5.32 Å². The molecular weight excluding hydrogens is 236 g/mol. The molecule has 0 atom stereocenters. The van der Waals surface area contributed by atoms with Gasteiger partial charge in [0.2, 0.25) is 5.91 Å². The summed E-state index contributed by atoms with van der Waals surface area (Å²) in [5.74, 6) is 1.14. The molecule has 0 aromatic heterocycles. The van der Waals surface area contributed by atoms with Crippen molar-refractivity contribution in [2.45, 2.75) is 44.9 Å². The summed E-state index contributed by atoms with van der Waals surface area (Å²) in [4.78, 5) is 13.6. The van der Waals surface area contributed by atoms with Crippen molar-refractivity contribution in [1.82, 2.24) is 10.2 Å². The van der Waals surface area contributed by atoms with Gasteiger partial charge < -0.3 is 10.2 Å². The molecule has 0 unspecified atom stereocenters. The summed E-state index contributed by atoms with van der Waals surface area (Å²) in [6.45, 7) is 1.72. The van der Waals surface area contributed by atoms with Gasteiger partial charge in [-0.05, 0) is 19.4 Å². The second kappa shape index (κ2) is 9.72. The first-order valence-electron chi connectivity index (χ1n) is 6.62. The largest absolute Gasteiger partial charge is 0.346 e. The number of halogens is 1. The minimum Gasteiger partial charge on any atom is -0.346 e. The van der Waals surface area contributed by atoms with E-state index in [1.54, 1.807) is 0 Å². The average molecular weight is 263 g/mol. The van der Waals surface area contributed by atoms with E-state index >= 15 is 0 Å². The second-order valence-electron chi connectivity index (χ2n) is 4.96. The van der Waals surface area contributed by atoms with Gasteiger partial charge in [0.05, 0.1) is 0 Å². The fourth-order valence-corrected chi connectivity index (χ4v) is 2.40. The number of rotatable bonds is 6. The van der Waals surface area contributed by atoms with E-state index in [2.05, 4.69) is 5.32 Å². The number of nitrogens with one attached hydrogen (secondary N) is 1. The van der Waals surface area contributed by atoms with Crippen LogP contribution in [0, 0.1) is 5.92 Å². The van der Waals surface area contributed by atoms with E-state index in [1.807, 2.05) is 19.0 Å². The molecule has 0 bridgehead atoms. The van der Waals surface area contributed by atoms with Gasteiger partial charge in [0, 0.05) is 26.6 Å². The topological polar surface area (TPSA) is 32.3 Å². The normalized spacial score (nSPS) is 16.4. The van der Waals surface area contributed by atoms with Crippen molar-refractivity contribution < 1.29 is 4.79 Å². The number of hydrogen-bond acceptors (Lipinski definition) is 2. The van der Waals surface area contributed by atoms with Crippen LogP contribution in [0.1, 0.15) is 44.9 Å². The predicted molar refractivity (Wildman–Crippen MR) is 74.6 cm³/mol. The lowest BCUT2D eigenvalue weighted by Gasteiger charge is -2.24. The molecular formula is C13H27ClN2O. The minimum atomic E-state index is 0. The summed E-state index contributed by atoms with van der Waals surface area (Å²) in [7, 11) is 3.82. The summed E-state index contributed by atoms with van der Waals surface area (Å²) >= 11 is 0. The van der Waals surface area contributed by atoms with E-state index in [9.17, 15) is 4.79 Å². The molecule has 0 spiro atoms. The Morgan fingerprint density at radius 1 is 1.29 bits per heavy atom. The summed E-state index contributed by atoms with van der Waals surface area (Å²) < 4.78 is 0. The first-order chi connectivity index (χ1) is 7.74. The van der Waals surface area contributed by atoms with Crippen LogP contribution in [0.5, 0.6) is 0 Å². The van der Waals surface area contributed by atoms with E-state index in [1.165, 1.54) is 38.5 Å². The van der Waals surface area contributed by atoms with Crippen LogP contribution in [-0.4, -0.2) is 38.0 Å². The van der Waals surface area contributed by atoms with Gasteiger partial charge in [0.1, 0.15) is 0 Å². The highest BCUT2D eigenvalue weighted by molar-refractivity contribution is 5.85. The van der Waals surface area contributed by atoms with Crippen LogP contribution >= 0.6 is 12.4 Å². The van der Waals surface area contributed by atoms with Gasteiger partial charge in [-0.3, -0.25) is 4.79 Å². The fraction of sp³-hybridized carbons (Fsp3) is 0.923. The highest BCUT2D eigenvalue weighted by atomic mass is 35.5. The van der Waals surface area contributed by atoms with Gasteiger partial charge in [0.25, 0.3) is 0 Å². The Morgan fingerprint density at radius 3 is 2.53 bits per heavy atom. The zero-order chi connectivity index (χ0) is 11.8. The van der Waals surface area contributed by atoms with Gasteiger partial charge >= 0.3 is 0 Å². The molecule has 17 heavy (non-hydrogen) atoms. The Labute approximate surface area is 112 Å². The van der Waals surface area contributed by atoms with Gasteiger partial charge in [0.15, 0.2) is 0 Å². The Balaban J connectivity index is 0.00000256. The van der Waals surface area contributed by atoms with Crippen LogP contribution in [-0.2, 0) is 4.79 Å². The highest BCUT2D eigenvalue weighted by Crippen LogP contribution is 2.26. The molecule has 1 N–H and O–H groups in total. The molecule has 0 saturated heterocycles. The van der Waals surface area contributed by atoms with Crippen molar-refractivity contribution in [3.63, 3.8) is 0 Å². The zero-order valence-electron chi connectivity index (χ0n) is 11.2. The van der Waals surface area contributed by atoms with Crippen LogP contribution in [0.3, 0.4) is 0 Å². The maximum absolute atomic E-state index is 11.7. The number of amides is 1. The Kier molecular flexibility index (Phi) is 9.56. The van der Waals surface area contributed by atoms with Crippen molar-refractivity contribution in [1.29, 1.82) is 0 Å². The van der Waals surface area contributed by atoms with Gasteiger partial charge in [-0.15, -0.1) is 12.4 Å². The monoisotopic (exact) mass is 262 g/mol. The SMILES string of the molecule is CNCCC(=O)N(C)CCC1CCCCC1.Cl. The minimum absolute atomic E-state index is 0. The van der Waals surface area contributed by atoms with Gasteiger partial charge in [-0.1, -0.05) is 32.1 Å². The molecule has 0 radical (unpaired) electrons. The van der Waals surface area contributed by atoms with E-state index in [0.717, 1.165) is 19.0 Å². The van der Waals surface area contributed by atoms with Crippen molar-refractivity contribution in [3.8, 4) is 0 Å². The molecule has 0 aromatic rings. The maximum Gasteiger partial charge on any atom is 0.223 e. The highest BCUT2D eigenvalue weighted by Gasteiger charge is 2.15. The molecule has 4 heteroatoms. The van der Waals surface area contributed by atoms with Crippen molar-refractivity contribution in [2.24, 2.45) is 5.92 Å². The number of carbonyl (C=O) groups is 1. The first kappa shape index (κ1) is 16.7. The predicted octanol–water partition coefficient (Wildman–Crippen LogP) is 2.45. The molecule has 1 aliphatic rings. The third kappa shape index (κ3) is 6.89. The molecule has 1 aliphatic carbocycles. The van der Waals surface area contributed by atoms with Crippen LogP contribution in [0.4, 0.5) is 0 Å². The van der Waals surface area contributed by atoms with E-state index in [-0.39, 0.29) is 18.3 Å². The zero-order valence-corrected chi connectivity index (χ0v) is 12.0. The third-order valence-electron chi connectivity index (χ3n) is 3.61. The van der Waals surface area contributed by atoms with Crippen LogP contribution in [0.15, 0.2) is 0 Å². The lowest BCUT2D eigenvalue weighted by Crippen LogP contribution is -2.31. The third-order valence-corrected chi connectivity index (χ3v) is 3.61. The maximum atomic E-state index is 11.7. The van der Waals surface area contributed by atoms with E-state index in [4.69, 9.17) is 0 Å². The smallest absolute Gasteiger partial charge is 0.223 e. The Bertz CT molecular complexity index is 206. The lowest BCUT2D eigenvalue weighted by atomic mass is 9.87. The molecule has 1 fully saturated rings. The Hall–Kier alpha value is -0.280. The van der Waals surface area contributed by atoms with Gasteiger partial charge in [-0.25, -0.2) is 0 Å². The molecule has 0 aromatic carbocycles. The molecule has 1 rings (SSSR count). The number of hydrogen-bond donors (Lipinski definition) is 1. The average Bonchev–Trinajstić information content (AvgIpc) is 2.34. The van der Waals surface area contributed by atoms with E-state index < -0.39 is 0 Å². The van der Waals surface area contributed by atoms with Crippen molar-refractivity contribution in [3.05, 3.63) is 0 Å². The van der Waals surface area contributed by atoms with Crippen LogP contribution in [0.25, 0.3) is 0 Å². The summed E-state index contributed by atoms with van der Waals surface area (Å²) in [6, 6.07) is 0. The quantitative estimate of drug-likeness (QED) is 0.798. The molecule has 1 amide bonds. The van der Waals surface area contributed by atoms with Crippen LogP contribution in [0.2, 0.25) is 0 Å².